The minimum Gasteiger partial charge on any atom is -0.496 e. The molecule has 4 rings (SSSR count). The average Bonchev–Trinajstić information content (AvgIpc) is 2.80. The number of methoxy groups -OCH3 is 1. The summed E-state index contributed by atoms with van der Waals surface area (Å²) in [6, 6.07) is 5.85. The number of hydrogen-bond donors (Lipinski definition) is 3. The van der Waals surface area contributed by atoms with E-state index in [-0.39, 0.29) is 12.1 Å². The number of anilines is 1. The van der Waals surface area contributed by atoms with Gasteiger partial charge in [-0.25, -0.2) is 9.78 Å². The Morgan fingerprint density at radius 3 is 3.03 bits per heavy atom. The van der Waals surface area contributed by atoms with Crippen LogP contribution in [0, 0.1) is 0 Å². The van der Waals surface area contributed by atoms with Gasteiger partial charge >= 0.3 is 6.03 Å². The molecule has 158 valence electrons. The highest BCUT2D eigenvalue weighted by molar-refractivity contribution is 5.88. The van der Waals surface area contributed by atoms with Crippen LogP contribution in [0.4, 0.5) is 10.6 Å². The van der Waals surface area contributed by atoms with Crippen LogP contribution in [0.5, 0.6) is 5.75 Å². The number of aromatic nitrogens is 2. The van der Waals surface area contributed by atoms with E-state index in [2.05, 4.69) is 32.0 Å². The Kier molecular flexibility index (Phi) is 6.56. The van der Waals surface area contributed by atoms with Crippen molar-refractivity contribution in [2.24, 2.45) is 0 Å². The summed E-state index contributed by atoms with van der Waals surface area (Å²) in [6.45, 7) is 3.13. The standard InChI is InChI=1S/C22H27N5O3/c1-29-20-11-16(4-5-18(20)15-6-9-30-10-7-15)19-13-24-14-21(26-19)27-22(28)25-17-3-2-8-23-12-17/h4-6,11,13-14,17,23H,2-3,7-10,12H2,1H3,(H2,25,26,27,28)/t17-/m0/s1. The van der Waals surface area contributed by atoms with Crippen molar-refractivity contribution >= 4 is 17.4 Å². The van der Waals surface area contributed by atoms with Gasteiger partial charge in [0.15, 0.2) is 5.82 Å². The lowest BCUT2D eigenvalue weighted by atomic mass is 9.98. The number of carbonyl (C=O) groups is 1. The van der Waals surface area contributed by atoms with E-state index < -0.39 is 0 Å². The Bertz CT molecular complexity index is 925. The van der Waals surface area contributed by atoms with E-state index in [0.717, 1.165) is 55.8 Å². The number of nitrogens with one attached hydrogen (secondary N) is 3. The zero-order valence-corrected chi connectivity index (χ0v) is 17.1. The fourth-order valence-corrected chi connectivity index (χ4v) is 3.77. The lowest BCUT2D eigenvalue weighted by molar-refractivity contribution is 0.161. The molecule has 2 aliphatic heterocycles. The van der Waals surface area contributed by atoms with E-state index >= 15 is 0 Å². The number of piperidine rings is 1. The molecule has 1 aromatic carbocycles. The normalized spacial score (nSPS) is 19.0. The van der Waals surface area contributed by atoms with E-state index in [0.29, 0.717) is 18.1 Å². The second kappa shape index (κ2) is 9.69. The predicted octanol–water partition coefficient (Wildman–Crippen LogP) is 2.83. The van der Waals surface area contributed by atoms with Crippen LogP contribution in [0.2, 0.25) is 0 Å². The molecule has 1 fully saturated rings. The summed E-state index contributed by atoms with van der Waals surface area (Å²) in [6.07, 6.45) is 8.20. The van der Waals surface area contributed by atoms with Gasteiger partial charge in [-0.2, -0.15) is 0 Å². The predicted molar refractivity (Wildman–Crippen MR) is 115 cm³/mol. The molecule has 0 unspecified atom stereocenters. The molecule has 1 saturated heterocycles. The Morgan fingerprint density at radius 2 is 2.27 bits per heavy atom. The van der Waals surface area contributed by atoms with Gasteiger partial charge in [0.25, 0.3) is 0 Å². The molecule has 2 amide bonds. The molecule has 1 atom stereocenters. The smallest absolute Gasteiger partial charge is 0.320 e. The maximum atomic E-state index is 12.3. The maximum absolute atomic E-state index is 12.3. The fraction of sp³-hybridized carbons (Fsp3) is 0.409. The summed E-state index contributed by atoms with van der Waals surface area (Å²) in [7, 11) is 1.66. The number of benzene rings is 1. The van der Waals surface area contributed by atoms with E-state index in [4.69, 9.17) is 9.47 Å². The number of nitrogens with zero attached hydrogens (tertiary/aromatic N) is 2. The monoisotopic (exact) mass is 409 g/mol. The van der Waals surface area contributed by atoms with Crippen LogP contribution in [0.25, 0.3) is 16.8 Å². The van der Waals surface area contributed by atoms with Crippen molar-refractivity contribution in [3.05, 3.63) is 42.2 Å². The number of rotatable bonds is 5. The largest absolute Gasteiger partial charge is 0.496 e. The van der Waals surface area contributed by atoms with Gasteiger partial charge in [0, 0.05) is 23.7 Å². The third kappa shape index (κ3) is 4.95. The van der Waals surface area contributed by atoms with E-state index in [1.165, 1.54) is 5.57 Å². The molecular formula is C22H27N5O3. The number of carbonyl (C=O) groups excluding carboxylic acids is 1. The van der Waals surface area contributed by atoms with Crippen molar-refractivity contribution in [1.82, 2.24) is 20.6 Å². The molecule has 8 heteroatoms. The Balaban J connectivity index is 1.49. The van der Waals surface area contributed by atoms with Crippen molar-refractivity contribution in [1.29, 1.82) is 0 Å². The summed E-state index contributed by atoms with van der Waals surface area (Å²) >= 11 is 0. The summed E-state index contributed by atoms with van der Waals surface area (Å²) in [5.74, 6) is 1.19. The lowest BCUT2D eigenvalue weighted by Gasteiger charge is -2.23. The summed E-state index contributed by atoms with van der Waals surface area (Å²) in [5, 5.41) is 9.04. The van der Waals surface area contributed by atoms with Crippen LogP contribution in [-0.4, -0.2) is 55.5 Å². The third-order valence-corrected chi connectivity index (χ3v) is 5.31. The number of ether oxygens (including phenoxy) is 2. The summed E-state index contributed by atoms with van der Waals surface area (Å²) < 4.78 is 11.0. The van der Waals surface area contributed by atoms with Crippen molar-refractivity contribution in [3.8, 4) is 17.0 Å². The maximum Gasteiger partial charge on any atom is 0.320 e. The van der Waals surface area contributed by atoms with Gasteiger partial charge in [-0.1, -0.05) is 18.2 Å². The molecule has 30 heavy (non-hydrogen) atoms. The SMILES string of the molecule is COc1cc(-c2cncc(NC(=O)N[C@H]3CCCNC3)n2)ccc1C1=CCOCC1. The van der Waals surface area contributed by atoms with Gasteiger partial charge in [0.05, 0.1) is 38.4 Å². The van der Waals surface area contributed by atoms with Crippen LogP contribution in [0.3, 0.4) is 0 Å². The molecular weight excluding hydrogens is 382 g/mol. The molecule has 8 nitrogen and oxygen atoms in total. The molecule has 0 bridgehead atoms. The molecule has 2 aliphatic rings. The van der Waals surface area contributed by atoms with Crippen molar-refractivity contribution < 1.29 is 14.3 Å². The van der Waals surface area contributed by atoms with Crippen molar-refractivity contribution in [2.75, 3.05) is 38.7 Å². The highest BCUT2D eigenvalue weighted by atomic mass is 16.5. The van der Waals surface area contributed by atoms with E-state index in [1.807, 2.05) is 18.2 Å². The van der Waals surface area contributed by atoms with Gasteiger partial charge in [0.1, 0.15) is 5.75 Å². The minimum absolute atomic E-state index is 0.131. The molecule has 0 saturated carbocycles. The second-order valence-corrected chi connectivity index (χ2v) is 7.40. The summed E-state index contributed by atoms with van der Waals surface area (Å²) in [4.78, 5) is 21.1. The highest BCUT2D eigenvalue weighted by Gasteiger charge is 2.16. The average molecular weight is 409 g/mol. The second-order valence-electron chi connectivity index (χ2n) is 7.40. The lowest BCUT2D eigenvalue weighted by Crippen LogP contribution is -2.47. The molecule has 0 radical (unpaired) electrons. The Morgan fingerprint density at radius 1 is 1.33 bits per heavy atom. The van der Waals surface area contributed by atoms with Gasteiger partial charge in [-0.05, 0) is 37.4 Å². The van der Waals surface area contributed by atoms with Crippen LogP contribution in [0.15, 0.2) is 36.7 Å². The van der Waals surface area contributed by atoms with Gasteiger partial charge in [0.2, 0.25) is 0 Å². The minimum atomic E-state index is -0.269. The Labute approximate surface area is 176 Å². The van der Waals surface area contributed by atoms with E-state index in [1.54, 1.807) is 19.5 Å². The van der Waals surface area contributed by atoms with Crippen LogP contribution in [-0.2, 0) is 4.74 Å². The van der Waals surface area contributed by atoms with Gasteiger partial charge in [-0.15, -0.1) is 0 Å². The first kappa shape index (κ1) is 20.3. The van der Waals surface area contributed by atoms with E-state index in [9.17, 15) is 4.79 Å². The van der Waals surface area contributed by atoms with Gasteiger partial charge < -0.3 is 20.1 Å². The van der Waals surface area contributed by atoms with Gasteiger partial charge in [-0.3, -0.25) is 10.3 Å². The zero-order valence-electron chi connectivity index (χ0n) is 17.1. The first-order valence-corrected chi connectivity index (χ1v) is 10.3. The molecule has 0 spiro atoms. The summed E-state index contributed by atoms with van der Waals surface area (Å²) in [5.41, 5.74) is 3.82. The first-order chi connectivity index (χ1) is 14.7. The fourth-order valence-electron chi connectivity index (χ4n) is 3.77. The number of urea groups is 1. The Hall–Kier alpha value is -2.97. The highest BCUT2D eigenvalue weighted by Crippen LogP contribution is 2.33. The number of hydrogen-bond acceptors (Lipinski definition) is 6. The van der Waals surface area contributed by atoms with Crippen molar-refractivity contribution in [2.45, 2.75) is 25.3 Å². The molecule has 3 heterocycles. The van der Waals surface area contributed by atoms with Crippen molar-refractivity contribution in [3.63, 3.8) is 0 Å². The van der Waals surface area contributed by atoms with Crippen LogP contribution < -0.4 is 20.7 Å². The topological polar surface area (TPSA) is 97.4 Å². The molecule has 0 aliphatic carbocycles. The zero-order chi connectivity index (χ0) is 20.8. The van der Waals surface area contributed by atoms with Crippen LogP contribution in [0.1, 0.15) is 24.8 Å². The molecule has 1 aromatic heterocycles. The third-order valence-electron chi connectivity index (χ3n) is 5.31. The number of amides is 2. The van der Waals surface area contributed by atoms with Crippen LogP contribution >= 0.6 is 0 Å². The molecule has 2 aromatic rings. The molecule has 3 N–H and O–H groups in total. The first-order valence-electron chi connectivity index (χ1n) is 10.3. The quantitative estimate of drug-likeness (QED) is 0.703.